The highest BCUT2D eigenvalue weighted by Crippen LogP contribution is 2.23. The molecule has 0 aliphatic carbocycles. The smallest absolute Gasteiger partial charge is 0.176 e. The summed E-state index contributed by atoms with van der Waals surface area (Å²) in [6.45, 7) is 1.91. The maximum absolute atomic E-state index is 11.4. The fourth-order valence-corrected chi connectivity index (χ4v) is 2.48. The quantitative estimate of drug-likeness (QED) is 0.779. The molecule has 2 rings (SSSR count). The lowest BCUT2D eigenvalue weighted by atomic mass is 10.2. The summed E-state index contributed by atoms with van der Waals surface area (Å²) >= 11 is 0. The number of fused-ring (bicyclic) bond motifs is 1. The Morgan fingerprint density at radius 3 is 2.64 bits per heavy atom. The van der Waals surface area contributed by atoms with Gasteiger partial charge in [0.25, 0.3) is 0 Å². The predicted octanol–water partition coefficient (Wildman–Crippen LogP) is 1.88. The summed E-state index contributed by atoms with van der Waals surface area (Å²) in [6, 6.07) is 7.10. The van der Waals surface area contributed by atoms with E-state index >= 15 is 0 Å². The van der Waals surface area contributed by atoms with E-state index in [1.807, 2.05) is 19.1 Å². The van der Waals surface area contributed by atoms with Gasteiger partial charge in [-0.05, 0) is 25.1 Å². The highest BCUT2D eigenvalue weighted by molar-refractivity contribution is 7.91. The summed E-state index contributed by atoms with van der Waals surface area (Å²) in [5.41, 5.74) is 1.83. The maximum atomic E-state index is 11.4. The minimum absolute atomic E-state index is 0.388. The van der Waals surface area contributed by atoms with E-state index in [2.05, 4.69) is 4.98 Å². The molecule has 0 unspecified atom stereocenters. The zero-order valence-corrected chi connectivity index (χ0v) is 8.85. The number of aromatic amines is 1. The van der Waals surface area contributed by atoms with Gasteiger partial charge < -0.3 is 4.98 Å². The molecule has 4 heteroatoms. The number of hydrogen-bond acceptors (Lipinski definition) is 2. The lowest BCUT2D eigenvalue weighted by Crippen LogP contribution is -1.96. The molecule has 1 aromatic carbocycles. The van der Waals surface area contributed by atoms with Crippen LogP contribution in [0.4, 0.5) is 0 Å². The van der Waals surface area contributed by atoms with Crippen LogP contribution in [-0.4, -0.2) is 19.7 Å². The Kier molecular flexibility index (Phi) is 1.89. The zero-order chi connectivity index (χ0) is 10.3. The maximum Gasteiger partial charge on any atom is 0.176 e. The Bertz CT molecular complexity index is 581. The van der Waals surface area contributed by atoms with E-state index in [-0.39, 0.29) is 0 Å². The van der Waals surface area contributed by atoms with Gasteiger partial charge in [0.05, 0.1) is 4.90 Å². The molecule has 14 heavy (non-hydrogen) atoms. The van der Waals surface area contributed by atoms with E-state index in [1.165, 1.54) is 6.26 Å². The molecule has 0 atom stereocenters. The molecule has 2 aromatic rings. The Balaban J connectivity index is 2.90. The minimum atomic E-state index is -3.14. The number of hydrogen-bond donors (Lipinski definition) is 1. The van der Waals surface area contributed by atoms with Gasteiger partial charge in [0.2, 0.25) is 0 Å². The van der Waals surface area contributed by atoms with E-state index < -0.39 is 9.84 Å². The third-order valence-corrected chi connectivity index (χ3v) is 3.31. The van der Waals surface area contributed by atoms with Gasteiger partial charge >= 0.3 is 0 Å². The van der Waals surface area contributed by atoms with E-state index in [0.29, 0.717) is 4.90 Å². The average Bonchev–Trinajstić information content (AvgIpc) is 2.41. The number of nitrogens with one attached hydrogen (secondary N) is 1. The Morgan fingerprint density at radius 2 is 2.00 bits per heavy atom. The van der Waals surface area contributed by atoms with Crippen molar-refractivity contribution in [3.63, 3.8) is 0 Å². The van der Waals surface area contributed by atoms with Gasteiger partial charge in [0.1, 0.15) is 0 Å². The molecular weight excluding hydrogens is 198 g/mol. The van der Waals surface area contributed by atoms with Gasteiger partial charge in [0, 0.05) is 22.9 Å². The molecule has 0 bridgehead atoms. The van der Waals surface area contributed by atoms with Crippen LogP contribution in [0.25, 0.3) is 10.9 Å². The molecule has 74 valence electrons. The van der Waals surface area contributed by atoms with Crippen LogP contribution in [-0.2, 0) is 9.84 Å². The molecule has 0 saturated carbocycles. The van der Waals surface area contributed by atoms with Crippen molar-refractivity contribution in [2.75, 3.05) is 6.26 Å². The molecule has 1 heterocycles. The largest absolute Gasteiger partial charge is 0.359 e. The van der Waals surface area contributed by atoms with E-state index in [4.69, 9.17) is 0 Å². The number of rotatable bonds is 1. The van der Waals surface area contributed by atoms with Gasteiger partial charge in [-0.2, -0.15) is 0 Å². The van der Waals surface area contributed by atoms with Crippen molar-refractivity contribution in [2.45, 2.75) is 11.8 Å². The highest BCUT2D eigenvalue weighted by Gasteiger charge is 2.12. The number of aromatic nitrogens is 1. The molecular formula is C10H11NO2S. The van der Waals surface area contributed by atoms with E-state index in [1.54, 1.807) is 12.1 Å². The van der Waals surface area contributed by atoms with Crippen LogP contribution >= 0.6 is 0 Å². The summed E-state index contributed by atoms with van der Waals surface area (Å²) in [5, 5.41) is 0.771. The van der Waals surface area contributed by atoms with Gasteiger partial charge in [-0.3, -0.25) is 0 Å². The summed E-state index contributed by atoms with van der Waals surface area (Å²) in [4.78, 5) is 3.49. The van der Waals surface area contributed by atoms with Crippen LogP contribution < -0.4 is 0 Å². The molecule has 1 N–H and O–H groups in total. The van der Waals surface area contributed by atoms with Crippen LogP contribution in [0.2, 0.25) is 0 Å². The fourth-order valence-electron chi connectivity index (χ4n) is 1.59. The number of aryl methyl sites for hydroxylation is 1. The monoisotopic (exact) mass is 209 g/mol. The van der Waals surface area contributed by atoms with Crippen LogP contribution in [0.15, 0.2) is 29.2 Å². The molecule has 0 aliphatic heterocycles. The summed E-state index contributed by atoms with van der Waals surface area (Å²) in [5.74, 6) is 0. The SMILES string of the molecule is Cc1cc2c(S(C)(=O)=O)cccc2[nH]1. The molecule has 0 amide bonds. The van der Waals surface area contributed by atoms with E-state index in [0.717, 1.165) is 16.6 Å². The molecule has 0 spiro atoms. The number of H-pyrrole nitrogens is 1. The van der Waals surface area contributed by atoms with Crippen LogP contribution in [0.1, 0.15) is 5.69 Å². The second-order valence-electron chi connectivity index (χ2n) is 3.44. The van der Waals surface area contributed by atoms with Crippen molar-refractivity contribution < 1.29 is 8.42 Å². The Labute approximate surface area is 82.7 Å². The van der Waals surface area contributed by atoms with Crippen molar-refractivity contribution in [3.05, 3.63) is 30.0 Å². The third-order valence-electron chi connectivity index (χ3n) is 2.16. The van der Waals surface area contributed by atoms with Crippen molar-refractivity contribution in [2.24, 2.45) is 0 Å². The normalized spacial score (nSPS) is 12.1. The fraction of sp³-hybridized carbons (Fsp3) is 0.200. The summed E-state index contributed by atoms with van der Waals surface area (Å²) < 4.78 is 22.9. The molecule has 0 radical (unpaired) electrons. The van der Waals surface area contributed by atoms with Crippen molar-refractivity contribution in [1.29, 1.82) is 0 Å². The van der Waals surface area contributed by atoms with Gasteiger partial charge in [-0.15, -0.1) is 0 Å². The third kappa shape index (κ3) is 1.42. The van der Waals surface area contributed by atoms with Gasteiger partial charge in [-0.1, -0.05) is 6.07 Å². The van der Waals surface area contributed by atoms with E-state index in [9.17, 15) is 8.42 Å². The van der Waals surface area contributed by atoms with Crippen molar-refractivity contribution >= 4 is 20.7 Å². The first-order valence-corrected chi connectivity index (χ1v) is 6.16. The van der Waals surface area contributed by atoms with Gasteiger partial charge in [0.15, 0.2) is 9.84 Å². The summed E-state index contributed by atoms with van der Waals surface area (Å²) in [6.07, 6.45) is 1.23. The second-order valence-corrected chi connectivity index (χ2v) is 5.43. The molecule has 0 fully saturated rings. The second kappa shape index (κ2) is 2.85. The first kappa shape index (κ1) is 9.27. The molecule has 0 saturated heterocycles. The minimum Gasteiger partial charge on any atom is -0.359 e. The highest BCUT2D eigenvalue weighted by atomic mass is 32.2. The molecule has 3 nitrogen and oxygen atoms in total. The van der Waals surface area contributed by atoms with Crippen LogP contribution in [0.3, 0.4) is 0 Å². The number of benzene rings is 1. The summed E-state index contributed by atoms with van der Waals surface area (Å²) in [7, 11) is -3.14. The van der Waals surface area contributed by atoms with Crippen LogP contribution in [0.5, 0.6) is 0 Å². The van der Waals surface area contributed by atoms with Gasteiger partial charge in [-0.25, -0.2) is 8.42 Å². The molecule has 1 aromatic heterocycles. The lowest BCUT2D eigenvalue weighted by Gasteiger charge is -1.98. The van der Waals surface area contributed by atoms with Crippen molar-refractivity contribution in [1.82, 2.24) is 4.98 Å². The average molecular weight is 209 g/mol. The first-order valence-electron chi connectivity index (χ1n) is 4.27. The first-order chi connectivity index (χ1) is 6.48. The molecule has 0 aliphatic rings. The lowest BCUT2D eigenvalue weighted by molar-refractivity contribution is 0.602. The Hall–Kier alpha value is -1.29. The Morgan fingerprint density at radius 1 is 1.29 bits per heavy atom. The standard InChI is InChI=1S/C10H11NO2S/c1-7-6-8-9(11-7)4-3-5-10(8)14(2,12)13/h3-6,11H,1-2H3. The predicted molar refractivity (Wildman–Crippen MR) is 56.1 cm³/mol. The number of sulfone groups is 1. The topological polar surface area (TPSA) is 49.9 Å². The van der Waals surface area contributed by atoms with Crippen molar-refractivity contribution in [3.8, 4) is 0 Å². The van der Waals surface area contributed by atoms with Crippen LogP contribution in [0, 0.1) is 6.92 Å². The zero-order valence-electron chi connectivity index (χ0n) is 8.03.